The predicted octanol–water partition coefficient (Wildman–Crippen LogP) is 3.25. The van der Waals surface area contributed by atoms with E-state index in [1.54, 1.807) is 30.2 Å². The molecule has 240 valence electrons. The number of nitrogens with one attached hydrogen (secondary N) is 1. The van der Waals surface area contributed by atoms with Gasteiger partial charge in [0.2, 0.25) is 11.8 Å². The molecule has 0 spiro atoms. The molecule has 2 amide bonds. The van der Waals surface area contributed by atoms with E-state index in [0.29, 0.717) is 53.3 Å². The predicted molar refractivity (Wildman–Crippen MR) is 166 cm³/mol. The van der Waals surface area contributed by atoms with Gasteiger partial charge in [-0.3, -0.25) is 9.59 Å². The maximum Gasteiger partial charge on any atom is 0.247 e. The lowest BCUT2D eigenvalue weighted by Crippen LogP contribution is -2.56. The third kappa shape index (κ3) is 7.54. The van der Waals surface area contributed by atoms with Crippen LogP contribution in [0, 0.1) is 0 Å². The molecule has 4 N–H and O–H groups in total. The first-order chi connectivity index (χ1) is 21.4. The first kappa shape index (κ1) is 33.3. The summed E-state index contributed by atoms with van der Waals surface area (Å²) in [6, 6.07) is 10.2. The van der Waals surface area contributed by atoms with Crippen LogP contribution >= 0.6 is 0 Å². The van der Waals surface area contributed by atoms with Gasteiger partial charge in [0.05, 0.1) is 39.4 Å². The SMILES string of the molecule is CCCCCCCC(=O)N(CCc1cccc(OC)c1)C1C=C(C(=O)NCCO)C2c3cc(CO)cc(OC)c3OC2C1O. The van der Waals surface area contributed by atoms with E-state index in [0.717, 1.165) is 37.7 Å². The highest BCUT2D eigenvalue weighted by molar-refractivity contribution is 5.96. The number of aliphatic hydroxyl groups is 3. The Bertz CT molecular complexity index is 1310. The summed E-state index contributed by atoms with van der Waals surface area (Å²) in [4.78, 5) is 29.1. The second-order valence-corrected chi connectivity index (χ2v) is 11.4. The van der Waals surface area contributed by atoms with Crippen LogP contribution in [0.5, 0.6) is 17.2 Å². The number of unbranched alkanes of at least 4 members (excludes halogenated alkanes) is 4. The number of carbonyl (C=O) groups is 2. The van der Waals surface area contributed by atoms with E-state index in [4.69, 9.17) is 14.2 Å². The molecule has 0 bridgehead atoms. The van der Waals surface area contributed by atoms with Crippen molar-refractivity contribution >= 4 is 11.8 Å². The van der Waals surface area contributed by atoms with E-state index < -0.39 is 30.1 Å². The molecule has 4 unspecified atom stereocenters. The fourth-order valence-corrected chi connectivity index (χ4v) is 6.16. The number of benzene rings is 2. The van der Waals surface area contributed by atoms with Crippen molar-refractivity contribution in [1.29, 1.82) is 0 Å². The Kier molecular flexibility index (Phi) is 12.1. The number of nitrogens with zero attached hydrogens (tertiary/aromatic N) is 1. The Balaban J connectivity index is 1.71. The van der Waals surface area contributed by atoms with E-state index in [2.05, 4.69) is 12.2 Å². The third-order valence-corrected chi connectivity index (χ3v) is 8.44. The molecule has 0 saturated carbocycles. The number of amides is 2. The van der Waals surface area contributed by atoms with Gasteiger partial charge in [0, 0.05) is 30.6 Å². The normalized spacial score (nSPS) is 20.2. The fraction of sp³-hybridized carbons (Fsp3) is 0.529. The molecule has 1 aliphatic carbocycles. The van der Waals surface area contributed by atoms with Crippen LogP contribution in [0.4, 0.5) is 0 Å². The highest BCUT2D eigenvalue weighted by Gasteiger charge is 2.51. The number of fused-ring (bicyclic) bond motifs is 3. The van der Waals surface area contributed by atoms with Gasteiger partial charge < -0.3 is 39.7 Å². The molecule has 44 heavy (non-hydrogen) atoms. The van der Waals surface area contributed by atoms with Gasteiger partial charge >= 0.3 is 0 Å². The lowest BCUT2D eigenvalue weighted by atomic mass is 9.77. The standard InChI is InChI=1S/C34H46N2O8/c1-4-5-6-7-8-12-29(39)36(15-13-22-10-9-11-24(17-22)42-2)27-20-26(34(41)35-14-16-37)30-25-18-23(21-38)19-28(43-3)32(25)44-33(30)31(27)40/h9-11,17-20,27,30-31,33,37-38,40H,4-8,12-16,21H2,1-3H3,(H,35,41). The van der Waals surface area contributed by atoms with Crippen molar-refractivity contribution in [1.82, 2.24) is 10.2 Å². The largest absolute Gasteiger partial charge is 0.497 e. The van der Waals surface area contributed by atoms with Gasteiger partial charge in [0.1, 0.15) is 18.0 Å². The van der Waals surface area contributed by atoms with Gasteiger partial charge in [-0.05, 0) is 54.3 Å². The second-order valence-electron chi connectivity index (χ2n) is 11.4. The molecule has 2 aromatic carbocycles. The smallest absolute Gasteiger partial charge is 0.247 e. The number of ether oxygens (including phenoxy) is 3. The van der Waals surface area contributed by atoms with Crippen molar-refractivity contribution < 1.29 is 39.1 Å². The molecule has 0 aromatic heterocycles. The molecular formula is C34H46N2O8. The Morgan fingerprint density at radius 3 is 2.52 bits per heavy atom. The van der Waals surface area contributed by atoms with E-state index in [-0.39, 0.29) is 25.7 Å². The average molecular weight is 611 g/mol. The van der Waals surface area contributed by atoms with Crippen LogP contribution in [0.3, 0.4) is 0 Å². The Labute approximate surface area is 259 Å². The summed E-state index contributed by atoms with van der Waals surface area (Å²) in [5, 5.41) is 33.9. The number of hydrogen-bond donors (Lipinski definition) is 4. The van der Waals surface area contributed by atoms with Crippen LogP contribution in [-0.4, -0.2) is 84.2 Å². The minimum Gasteiger partial charge on any atom is -0.497 e. The van der Waals surface area contributed by atoms with Crippen molar-refractivity contribution in [3.63, 3.8) is 0 Å². The monoisotopic (exact) mass is 610 g/mol. The van der Waals surface area contributed by atoms with Crippen LogP contribution in [-0.2, 0) is 22.6 Å². The summed E-state index contributed by atoms with van der Waals surface area (Å²) >= 11 is 0. The van der Waals surface area contributed by atoms with E-state index in [9.17, 15) is 24.9 Å². The molecule has 1 heterocycles. The number of hydrogen-bond acceptors (Lipinski definition) is 8. The lowest BCUT2D eigenvalue weighted by molar-refractivity contribution is -0.137. The molecule has 4 atom stereocenters. The Morgan fingerprint density at radius 2 is 1.82 bits per heavy atom. The van der Waals surface area contributed by atoms with E-state index >= 15 is 0 Å². The van der Waals surface area contributed by atoms with Gasteiger partial charge in [-0.15, -0.1) is 0 Å². The molecule has 0 saturated heterocycles. The van der Waals surface area contributed by atoms with Crippen molar-refractivity contribution in [3.05, 3.63) is 64.7 Å². The zero-order valence-corrected chi connectivity index (χ0v) is 26.0. The molecular weight excluding hydrogens is 564 g/mol. The Hall–Kier alpha value is -3.60. The van der Waals surface area contributed by atoms with E-state index in [1.807, 2.05) is 24.3 Å². The molecule has 2 aliphatic rings. The second kappa shape index (κ2) is 15.9. The maximum atomic E-state index is 13.8. The molecule has 2 aromatic rings. The van der Waals surface area contributed by atoms with Crippen LogP contribution in [0.15, 0.2) is 48.0 Å². The van der Waals surface area contributed by atoms with Gasteiger partial charge in [0.25, 0.3) is 0 Å². The molecule has 10 heteroatoms. The average Bonchev–Trinajstić information content (AvgIpc) is 3.44. The van der Waals surface area contributed by atoms with Crippen LogP contribution < -0.4 is 19.5 Å². The van der Waals surface area contributed by atoms with Crippen molar-refractivity contribution in [2.24, 2.45) is 0 Å². The van der Waals surface area contributed by atoms with Gasteiger partial charge in [-0.25, -0.2) is 0 Å². The quantitative estimate of drug-likeness (QED) is 0.213. The highest BCUT2D eigenvalue weighted by Crippen LogP contribution is 2.51. The summed E-state index contributed by atoms with van der Waals surface area (Å²) < 4.78 is 17.3. The number of rotatable bonds is 16. The zero-order chi connectivity index (χ0) is 31.6. The Morgan fingerprint density at radius 1 is 1.02 bits per heavy atom. The highest BCUT2D eigenvalue weighted by atomic mass is 16.5. The third-order valence-electron chi connectivity index (χ3n) is 8.44. The van der Waals surface area contributed by atoms with Gasteiger partial charge in [0.15, 0.2) is 11.5 Å². The molecule has 0 fully saturated rings. The lowest BCUT2D eigenvalue weighted by Gasteiger charge is -2.41. The summed E-state index contributed by atoms with van der Waals surface area (Å²) in [6.45, 7) is 2.02. The minimum absolute atomic E-state index is 0.0464. The van der Waals surface area contributed by atoms with Crippen LogP contribution in [0.25, 0.3) is 0 Å². The summed E-state index contributed by atoms with van der Waals surface area (Å²) in [6.07, 6.45) is 5.45. The topological polar surface area (TPSA) is 138 Å². The minimum atomic E-state index is -1.15. The molecule has 0 radical (unpaired) electrons. The van der Waals surface area contributed by atoms with Crippen LogP contribution in [0.2, 0.25) is 0 Å². The summed E-state index contributed by atoms with van der Waals surface area (Å²) in [7, 11) is 3.10. The molecule has 1 aliphatic heterocycles. The fourth-order valence-electron chi connectivity index (χ4n) is 6.16. The number of methoxy groups -OCH3 is 2. The zero-order valence-electron chi connectivity index (χ0n) is 26.0. The molecule has 10 nitrogen and oxygen atoms in total. The van der Waals surface area contributed by atoms with Crippen molar-refractivity contribution in [2.45, 2.75) is 82.6 Å². The van der Waals surface area contributed by atoms with Gasteiger partial charge in [-0.2, -0.15) is 0 Å². The maximum absolute atomic E-state index is 13.8. The summed E-state index contributed by atoms with van der Waals surface area (Å²) in [5.41, 5.74) is 2.50. The van der Waals surface area contributed by atoms with Gasteiger partial charge in [-0.1, -0.05) is 44.7 Å². The number of aliphatic hydroxyl groups excluding tert-OH is 3. The van der Waals surface area contributed by atoms with Crippen molar-refractivity contribution in [3.8, 4) is 17.2 Å². The van der Waals surface area contributed by atoms with Crippen molar-refractivity contribution in [2.75, 3.05) is 33.9 Å². The first-order valence-electron chi connectivity index (χ1n) is 15.6. The first-order valence-corrected chi connectivity index (χ1v) is 15.6. The summed E-state index contributed by atoms with van der Waals surface area (Å²) in [5.74, 6) is 0.306. The number of carbonyl (C=O) groups excluding carboxylic acids is 2. The van der Waals surface area contributed by atoms with E-state index in [1.165, 1.54) is 7.11 Å². The van der Waals surface area contributed by atoms with Crippen LogP contribution in [0.1, 0.15) is 68.1 Å². The molecule has 4 rings (SSSR count).